The molecule has 234 valence electrons. The van der Waals surface area contributed by atoms with Gasteiger partial charge in [-0.2, -0.15) is 12.7 Å². The van der Waals surface area contributed by atoms with E-state index in [4.69, 9.17) is 31.5 Å². The number of rotatable bonds is 13. The highest BCUT2D eigenvalue weighted by atomic mass is 35.5. The average Bonchev–Trinajstić information content (AvgIpc) is 3.46. The second-order valence-electron chi connectivity index (χ2n) is 11.7. The number of piperazine rings is 1. The van der Waals surface area contributed by atoms with Crippen LogP contribution < -0.4 is 20.3 Å². The van der Waals surface area contributed by atoms with E-state index >= 15 is 0 Å². The Morgan fingerprint density at radius 2 is 1.93 bits per heavy atom. The van der Waals surface area contributed by atoms with Gasteiger partial charge in [0.05, 0.1) is 22.7 Å². The quantitative estimate of drug-likeness (QED) is 0.289. The van der Waals surface area contributed by atoms with Gasteiger partial charge in [0.2, 0.25) is 11.8 Å². The van der Waals surface area contributed by atoms with Crippen molar-refractivity contribution in [2.45, 2.75) is 32.2 Å². The van der Waals surface area contributed by atoms with Gasteiger partial charge in [-0.1, -0.05) is 48.9 Å². The van der Waals surface area contributed by atoms with Gasteiger partial charge in [0.15, 0.2) is 5.82 Å². The summed E-state index contributed by atoms with van der Waals surface area (Å²) in [6.45, 7) is 7.66. The van der Waals surface area contributed by atoms with Crippen LogP contribution in [0.4, 0.5) is 11.6 Å². The largest absolute Gasteiger partial charge is 0.419 e. The van der Waals surface area contributed by atoms with Gasteiger partial charge in [0.25, 0.3) is 0 Å². The van der Waals surface area contributed by atoms with E-state index in [1.165, 1.54) is 11.4 Å². The van der Waals surface area contributed by atoms with E-state index in [0.29, 0.717) is 69.0 Å². The zero-order valence-corrected chi connectivity index (χ0v) is 26.7. The van der Waals surface area contributed by atoms with Crippen LogP contribution in [0.5, 0.6) is 0 Å². The lowest BCUT2D eigenvalue weighted by Crippen LogP contribution is -2.51. The fourth-order valence-corrected chi connectivity index (χ4v) is 6.98. The van der Waals surface area contributed by atoms with Crippen LogP contribution in [-0.2, 0) is 26.9 Å². The molecule has 2 unspecified atom stereocenters. The van der Waals surface area contributed by atoms with Crippen molar-refractivity contribution >= 4 is 33.4 Å². The molecule has 2 fully saturated rings. The average molecular weight is 633 g/mol. The van der Waals surface area contributed by atoms with Crippen molar-refractivity contribution in [3.8, 4) is 11.5 Å². The molecule has 2 aliphatic rings. The van der Waals surface area contributed by atoms with Crippen molar-refractivity contribution in [2.75, 3.05) is 69.2 Å². The predicted octanol–water partition coefficient (Wildman–Crippen LogP) is 2.90. The molecule has 3 heterocycles. The first-order valence-electron chi connectivity index (χ1n) is 14.6. The van der Waals surface area contributed by atoms with Crippen LogP contribution in [0.15, 0.2) is 40.8 Å². The van der Waals surface area contributed by atoms with Crippen molar-refractivity contribution in [2.24, 2.45) is 17.6 Å². The summed E-state index contributed by atoms with van der Waals surface area (Å²) in [5, 5.41) is 11.9. The molecule has 0 radical (unpaired) electrons. The van der Waals surface area contributed by atoms with Crippen molar-refractivity contribution in [3.63, 3.8) is 0 Å². The first-order chi connectivity index (χ1) is 20.5. The molecule has 3 N–H and O–H groups in total. The van der Waals surface area contributed by atoms with Gasteiger partial charge in [-0.05, 0) is 43.2 Å². The van der Waals surface area contributed by atoms with Crippen molar-refractivity contribution in [1.82, 2.24) is 24.8 Å². The number of anilines is 2. The molecule has 0 bridgehead atoms. The number of halogens is 1. The second kappa shape index (κ2) is 13.0. The van der Waals surface area contributed by atoms with E-state index in [0.717, 1.165) is 22.8 Å². The number of methoxy groups -OCH3 is 1. The number of nitrogens with two attached hydrogens (primary N) is 1. The predicted molar refractivity (Wildman–Crippen MR) is 167 cm³/mol. The standard InChI is InChI=1S/C29H41ClN8O4S/c1-20-16-22(20)19-37(14-15-41-4)24-17-23(25(30)26(33-24)36(3)43(39,40)38-12-10-32-11-13-38)27-34-35-28(42-27)29(2,31)18-21-8-6-5-7-9-21/h5-9,17,20,22,32H,10-16,18-19,31H2,1-4H3/t20?,22?,29-/m1/s1. The monoisotopic (exact) mass is 632 g/mol. The van der Waals surface area contributed by atoms with Crippen molar-refractivity contribution in [3.05, 3.63) is 52.9 Å². The van der Waals surface area contributed by atoms with Crippen molar-refractivity contribution in [1.29, 1.82) is 0 Å². The summed E-state index contributed by atoms with van der Waals surface area (Å²) in [4.78, 5) is 6.92. The Morgan fingerprint density at radius 1 is 1.23 bits per heavy atom. The molecule has 3 atom stereocenters. The zero-order chi connectivity index (χ0) is 30.8. The van der Waals surface area contributed by atoms with E-state index in [-0.39, 0.29) is 22.6 Å². The van der Waals surface area contributed by atoms with Crippen LogP contribution in [0.1, 0.15) is 31.7 Å². The van der Waals surface area contributed by atoms with Crippen LogP contribution in [0.2, 0.25) is 5.02 Å². The number of pyridine rings is 1. The maximum Gasteiger partial charge on any atom is 0.305 e. The molecular formula is C29H41ClN8O4S. The van der Waals surface area contributed by atoms with Gasteiger partial charge in [0, 0.05) is 53.4 Å². The third-order valence-electron chi connectivity index (χ3n) is 8.15. The smallest absolute Gasteiger partial charge is 0.305 e. The molecule has 1 aliphatic heterocycles. The minimum Gasteiger partial charge on any atom is -0.419 e. The fourth-order valence-electron chi connectivity index (χ4n) is 5.28. The summed E-state index contributed by atoms with van der Waals surface area (Å²) in [5.41, 5.74) is 7.12. The van der Waals surface area contributed by atoms with E-state index in [2.05, 4.69) is 27.3 Å². The zero-order valence-electron chi connectivity index (χ0n) is 25.2. The molecule has 43 heavy (non-hydrogen) atoms. The Kier molecular flexibility index (Phi) is 9.59. The van der Waals surface area contributed by atoms with Crippen LogP contribution in [-0.4, -0.2) is 87.9 Å². The summed E-state index contributed by atoms with van der Waals surface area (Å²) >= 11 is 6.96. The van der Waals surface area contributed by atoms with Crippen LogP contribution in [0, 0.1) is 11.8 Å². The fraction of sp³-hybridized carbons (Fsp3) is 0.552. The molecular weight excluding hydrogens is 592 g/mol. The lowest BCUT2D eigenvalue weighted by atomic mass is 9.94. The van der Waals surface area contributed by atoms with Gasteiger partial charge in [-0.15, -0.1) is 10.2 Å². The van der Waals surface area contributed by atoms with E-state index in [1.54, 1.807) is 13.2 Å². The number of nitrogens with one attached hydrogen (secondary N) is 1. The molecule has 1 saturated heterocycles. The Morgan fingerprint density at radius 3 is 2.58 bits per heavy atom. The lowest BCUT2D eigenvalue weighted by molar-refractivity contribution is 0.204. The number of hydrogen-bond acceptors (Lipinski definition) is 10. The molecule has 5 rings (SSSR count). The van der Waals surface area contributed by atoms with Gasteiger partial charge >= 0.3 is 10.2 Å². The molecule has 1 aliphatic carbocycles. The lowest BCUT2D eigenvalue weighted by Gasteiger charge is -2.32. The summed E-state index contributed by atoms with van der Waals surface area (Å²) in [6, 6.07) is 11.6. The van der Waals surface area contributed by atoms with Crippen LogP contribution in [0.3, 0.4) is 0 Å². The number of nitrogens with zero attached hydrogens (tertiary/aromatic N) is 6. The molecule has 1 saturated carbocycles. The van der Waals surface area contributed by atoms with Gasteiger partial charge in [-0.25, -0.2) is 9.29 Å². The molecule has 14 heteroatoms. The maximum atomic E-state index is 13.7. The molecule has 12 nitrogen and oxygen atoms in total. The molecule has 1 aromatic carbocycles. The summed E-state index contributed by atoms with van der Waals surface area (Å²) in [7, 11) is -0.798. The third kappa shape index (κ3) is 7.13. The summed E-state index contributed by atoms with van der Waals surface area (Å²) < 4.78 is 41.5. The first-order valence-corrected chi connectivity index (χ1v) is 16.3. The maximum absolute atomic E-state index is 13.7. The van der Waals surface area contributed by atoms with Gasteiger partial charge in [0.1, 0.15) is 5.82 Å². The van der Waals surface area contributed by atoms with E-state index < -0.39 is 15.7 Å². The molecule has 0 spiro atoms. The van der Waals surface area contributed by atoms with E-state index in [1.807, 2.05) is 37.3 Å². The molecule has 3 aromatic rings. The Labute approximate surface area is 258 Å². The SMILES string of the molecule is COCCN(CC1CC1C)c1cc(-c2nnc([C@](C)(N)Cc3ccccc3)o2)c(Cl)c(N(C)S(=O)(=O)N2CCNCC2)n1. The van der Waals surface area contributed by atoms with Gasteiger partial charge in [-0.3, -0.25) is 0 Å². The third-order valence-corrected chi connectivity index (χ3v) is 10.4. The normalized spacial score (nSPS) is 20.5. The number of ether oxygens (including phenoxy) is 1. The first kappa shape index (κ1) is 31.6. The number of hydrogen-bond donors (Lipinski definition) is 2. The molecule has 0 amide bonds. The highest BCUT2D eigenvalue weighted by Crippen LogP contribution is 2.42. The Bertz CT molecular complexity index is 1500. The Hall–Kier alpha value is -2.81. The van der Waals surface area contributed by atoms with Crippen LogP contribution >= 0.6 is 11.6 Å². The highest BCUT2D eigenvalue weighted by Gasteiger charge is 2.36. The summed E-state index contributed by atoms with van der Waals surface area (Å²) in [5.74, 6) is 2.12. The highest BCUT2D eigenvalue weighted by molar-refractivity contribution is 7.90. The topological polar surface area (TPSA) is 143 Å². The second-order valence-corrected chi connectivity index (χ2v) is 14.0. The van der Waals surface area contributed by atoms with E-state index in [9.17, 15) is 8.42 Å². The number of benzene rings is 1. The minimum absolute atomic E-state index is 0.0820. The number of aromatic nitrogens is 3. The Balaban J connectivity index is 1.56. The summed E-state index contributed by atoms with van der Waals surface area (Å²) in [6.07, 6.45) is 1.60. The van der Waals surface area contributed by atoms with Crippen molar-refractivity contribution < 1.29 is 17.6 Å². The van der Waals surface area contributed by atoms with Crippen LogP contribution in [0.25, 0.3) is 11.5 Å². The molecule has 2 aromatic heterocycles. The minimum atomic E-state index is -3.92. The van der Waals surface area contributed by atoms with Gasteiger partial charge < -0.3 is 25.1 Å².